The lowest BCUT2D eigenvalue weighted by molar-refractivity contribution is 0.400. The molecule has 0 spiro atoms. The van der Waals surface area contributed by atoms with Gasteiger partial charge in [0.05, 0.1) is 25.4 Å². The molecule has 2 unspecified atom stereocenters. The van der Waals surface area contributed by atoms with Gasteiger partial charge in [0.25, 0.3) is 0 Å². The van der Waals surface area contributed by atoms with E-state index >= 15 is 0 Å². The first-order valence-corrected chi connectivity index (χ1v) is 6.91. The fourth-order valence-corrected chi connectivity index (χ4v) is 2.79. The normalized spacial score (nSPS) is 24.0. The van der Waals surface area contributed by atoms with Crippen molar-refractivity contribution < 1.29 is 19.7 Å². The Morgan fingerprint density at radius 3 is 1.70 bits per heavy atom. The first-order chi connectivity index (χ1) is 9.72. The van der Waals surface area contributed by atoms with Crippen molar-refractivity contribution in [2.24, 2.45) is 0 Å². The van der Waals surface area contributed by atoms with E-state index in [9.17, 15) is 10.2 Å². The van der Waals surface area contributed by atoms with E-state index in [4.69, 9.17) is 9.47 Å². The van der Waals surface area contributed by atoms with E-state index in [0.29, 0.717) is 12.8 Å². The molecule has 4 rings (SSSR count). The number of aromatic hydroxyl groups is 2. The van der Waals surface area contributed by atoms with Crippen molar-refractivity contribution in [2.45, 2.75) is 25.0 Å². The van der Waals surface area contributed by atoms with Crippen LogP contribution in [0.4, 0.5) is 0 Å². The van der Waals surface area contributed by atoms with Crippen LogP contribution in [0.1, 0.15) is 11.1 Å². The maximum absolute atomic E-state index is 10.2. The molecule has 104 valence electrons. The molecular formula is C16H16O4. The predicted molar refractivity (Wildman–Crippen MR) is 74.2 cm³/mol. The standard InChI is InChI=1S/C16H16O4/c17-14-3-1-9-2-4-15(18)13(6-11-8-20-11)16(9)12(14)5-10-7-19-10/h1-4,10-11,17-18H,5-8H2. The van der Waals surface area contributed by atoms with Crippen molar-refractivity contribution in [3.8, 4) is 11.5 Å². The van der Waals surface area contributed by atoms with E-state index in [1.165, 1.54) is 0 Å². The van der Waals surface area contributed by atoms with Crippen molar-refractivity contribution in [1.82, 2.24) is 0 Å². The van der Waals surface area contributed by atoms with Gasteiger partial charge >= 0.3 is 0 Å². The largest absolute Gasteiger partial charge is 0.508 e. The lowest BCUT2D eigenvalue weighted by atomic mass is 9.93. The summed E-state index contributed by atoms with van der Waals surface area (Å²) in [5.74, 6) is 0.549. The van der Waals surface area contributed by atoms with Gasteiger partial charge in [-0.05, 0) is 22.9 Å². The summed E-state index contributed by atoms with van der Waals surface area (Å²) in [6, 6.07) is 7.21. The fourth-order valence-electron chi connectivity index (χ4n) is 2.79. The molecule has 2 heterocycles. The molecule has 2 aromatic rings. The first kappa shape index (κ1) is 12.0. The lowest BCUT2D eigenvalue weighted by Gasteiger charge is -2.14. The van der Waals surface area contributed by atoms with Crippen molar-refractivity contribution in [1.29, 1.82) is 0 Å². The SMILES string of the molecule is Oc1ccc2ccc(O)c(CC3CO3)c2c1CC1CO1. The van der Waals surface area contributed by atoms with E-state index in [-0.39, 0.29) is 23.7 Å². The molecule has 20 heavy (non-hydrogen) atoms. The molecule has 2 saturated heterocycles. The Morgan fingerprint density at radius 2 is 1.30 bits per heavy atom. The third kappa shape index (κ3) is 2.11. The molecule has 0 radical (unpaired) electrons. The highest BCUT2D eigenvalue weighted by Gasteiger charge is 2.29. The first-order valence-electron chi connectivity index (χ1n) is 6.91. The summed E-state index contributed by atoms with van der Waals surface area (Å²) in [7, 11) is 0. The van der Waals surface area contributed by atoms with Gasteiger partial charge in [0.1, 0.15) is 11.5 Å². The van der Waals surface area contributed by atoms with Gasteiger partial charge in [-0.1, -0.05) is 12.1 Å². The second kappa shape index (κ2) is 4.36. The number of epoxide rings is 2. The van der Waals surface area contributed by atoms with Gasteiger partial charge < -0.3 is 19.7 Å². The second-order valence-corrected chi connectivity index (χ2v) is 5.54. The molecule has 4 nitrogen and oxygen atoms in total. The van der Waals surface area contributed by atoms with Crippen LogP contribution < -0.4 is 0 Å². The summed E-state index contributed by atoms with van der Waals surface area (Å²) in [5.41, 5.74) is 1.74. The van der Waals surface area contributed by atoms with Crippen molar-refractivity contribution >= 4 is 10.8 Å². The number of hydrogen-bond donors (Lipinski definition) is 2. The van der Waals surface area contributed by atoms with Crippen molar-refractivity contribution in [3.63, 3.8) is 0 Å². The van der Waals surface area contributed by atoms with Crippen LogP contribution >= 0.6 is 0 Å². The summed E-state index contributed by atoms with van der Waals surface area (Å²) in [6.45, 7) is 1.49. The molecule has 0 saturated carbocycles. The van der Waals surface area contributed by atoms with Crippen LogP contribution in [-0.4, -0.2) is 35.6 Å². The highest BCUT2D eigenvalue weighted by molar-refractivity contribution is 5.92. The lowest BCUT2D eigenvalue weighted by Crippen LogP contribution is -2.01. The monoisotopic (exact) mass is 272 g/mol. The molecule has 0 bridgehead atoms. The van der Waals surface area contributed by atoms with Crippen LogP contribution in [0.2, 0.25) is 0 Å². The Hall–Kier alpha value is -1.78. The van der Waals surface area contributed by atoms with Crippen LogP contribution in [0.3, 0.4) is 0 Å². The summed E-state index contributed by atoms with van der Waals surface area (Å²) in [5, 5.41) is 22.4. The van der Waals surface area contributed by atoms with E-state index in [1.54, 1.807) is 12.1 Å². The van der Waals surface area contributed by atoms with E-state index in [2.05, 4.69) is 0 Å². The maximum atomic E-state index is 10.2. The Labute approximate surface area is 116 Å². The minimum atomic E-state index is 0.193. The molecule has 2 N–H and O–H groups in total. The summed E-state index contributed by atoms with van der Waals surface area (Å²) >= 11 is 0. The smallest absolute Gasteiger partial charge is 0.119 e. The fraction of sp³-hybridized carbons (Fsp3) is 0.375. The minimum absolute atomic E-state index is 0.193. The highest BCUT2D eigenvalue weighted by atomic mass is 16.6. The Morgan fingerprint density at radius 1 is 0.850 bits per heavy atom. The quantitative estimate of drug-likeness (QED) is 0.837. The molecular weight excluding hydrogens is 256 g/mol. The Kier molecular flexibility index (Phi) is 2.62. The molecule has 0 amide bonds. The number of phenols is 2. The summed E-state index contributed by atoms with van der Waals surface area (Å²) in [6.07, 6.45) is 1.76. The molecule has 0 aliphatic carbocycles. The molecule has 0 aromatic heterocycles. The second-order valence-electron chi connectivity index (χ2n) is 5.54. The van der Waals surface area contributed by atoms with Crippen molar-refractivity contribution in [2.75, 3.05) is 13.2 Å². The molecule has 2 atom stereocenters. The molecule has 2 fully saturated rings. The average molecular weight is 272 g/mol. The summed E-state index contributed by atoms with van der Waals surface area (Å²) < 4.78 is 10.6. The van der Waals surface area contributed by atoms with Crippen LogP contribution in [0.5, 0.6) is 11.5 Å². The van der Waals surface area contributed by atoms with Gasteiger partial charge in [-0.2, -0.15) is 0 Å². The zero-order valence-electron chi connectivity index (χ0n) is 11.0. The number of rotatable bonds is 4. The van der Waals surface area contributed by atoms with Gasteiger partial charge in [0.15, 0.2) is 0 Å². The maximum Gasteiger partial charge on any atom is 0.119 e. The third-order valence-corrected chi connectivity index (χ3v) is 4.02. The number of benzene rings is 2. The number of hydrogen-bond acceptors (Lipinski definition) is 4. The zero-order valence-corrected chi connectivity index (χ0v) is 11.0. The molecule has 2 aliphatic rings. The minimum Gasteiger partial charge on any atom is -0.508 e. The average Bonchev–Trinajstić information content (AvgIpc) is 3.31. The number of phenolic OH excluding ortho intramolecular Hbond substituents is 2. The van der Waals surface area contributed by atoms with E-state index in [0.717, 1.165) is 35.1 Å². The van der Waals surface area contributed by atoms with Crippen LogP contribution in [0.25, 0.3) is 10.8 Å². The van der Waals surface area contributed by atoms with Gasteiger partial charge in [-0.3, -0.25) is 0 Å². The van der Waals surface area contributed by atoms with Gasteiger partial charge in [-0.15, -0.1) is 0 Å². The van der Waals surface area contributed by atoms with Crippen LogP contribution in [0, 0.1) is 0 Å². The van der Waals surface area contributed by atoms with E-state index in [1.807, 2.05) is 12.1 Å². The van der Waals surface area contributed by atoms with Gasteiger partial charge in [-0.25, -0.2) is 0 Å². The number of ether oxygens (including phenoxy) is 2. The van der Waals surface area contributed by atoms with Crippen LogP contribution in [0.15, 0.2) is 24.3 Å². The third-order valence-electron chi connectivity index (χ3n) is 4.02. The molecule has 2 aromatic carbocycles. The van der Waals surface area contributed by atoms with Gasteiger partial charge in [0.2, 0.25) is 0 Å². The zero-order chi connectivity index (χ0) is 13.7. The van der Waals surface area contributed by atoms with Crippen LogP contribution in [-0.2, 0) is 22.3 Å². The van der Waals surface area contributed by atoms with Crippen molar-refractivity contribution in [3.05, 3.63) is 35.4 Å². The number of fused-ring (bicyclic) bond motifs is 1. The predicted octanol–water partition coefficient (Wildman–Crippen LogP) is 2.13. The molecule has 4 heteroatoms. The highest BCUT2D eigenvalue weighted by Crippen LogP contribution is 2.38. The Bertz CT molecular complexity index is 617. The topological polar surface area (TPSA) is 65.5 Å². The molecule has 2 aliphatic heterocycles. The van der Waals surface area contributed by atoms with E-state index < -0.39 is 0 Å². The summed E-state index contributed by atoms with van der Waals surface area (Å²) in [4.78, 5) is 0. The Balaban J connectivity index is 1.91. The van der Waals surface area contributed by atoms with Gasteiger partial charge in [0, 0.05) is 24.0 Å².